The van der Waals surface area contributed by atoms with E-state index in [2.05, 4.69) is 5.32 Å². The van der Waals surface area contributed by atoms with Crippen LogP contribution in [0.3, 0.4) is 0 Å². The van der Waals surface area contributed by atoms with Crippen molar-refractivity contribution in [3.63, 3.8) is 0 Å². The molecule has 3 rings (SSSR count). The minimum atomic E-state index is -4.50. The third-order valence-corrected chi connectivity index (χ3v) is 5.22. The summed E-state index contributed by atoms with van der Waals surface area (Å²) in [6, 6.07) is 3.02. The second-order valence-electron chi connectivity index (χ2n) is 6.00. The molecule has 1 aliphatic heterocycles. The molecule has 8 nitrogen and oxygen atoms in total. The van der Waals surface area contributed by atoms with Crippen molar-refractivity contribution in [3.8, 4) is 0 Å². The Morgan fingerprint density at radius 2 is 1.76 bits per heavy atom. The van der Waals surface area contributed by atoms with Gasteiger partial charge in [-0.3, -0.25) is 19.0 Å². The van der Waals surface area contributed by atoms with Crippen LogP contribution in [-0.4, -0.2) is 47.9 Å². The van der Waals surface area contributed by atoms with Crippen LogP contribution in [0.15, 0.2) is 28.8 Å². The van der Waals surface area contributed by atoms with Gasteiger partial charge in [-0.15, -0.1) is 0 Å². The summed E-state index contributed by atoms with van der Waals surface area (Å²) in [7, 11) is -4.50. The maximum absolute atomic E-state index is 12.2. The molecule has 9 heteroatoms. The third kappa shape index (κ3) is 3.44. The normalized spacial score (nSPS) is 17.5. The molecule has 0 saturated carbocycles. The lowest BCUT2D eigenvalue weighted by molar-refractivity contribution is -0.137. The number of amides is 2. The summed E-state index contributed by atoms with van der Waals surface area (Å²) in [6.07, 6.45) is 4.47. The van der Waals surface area contributed by atoms with Gasteiger partial charge in [0.2, 0.25) is 0 Å². The average Bonchev–Trinajstić information content (AvgIpc) is 2.81. The number of aliphatic hydroxyl groups is 1. The lowest BCUT2D eigenvalue weighted by Crippen LogP contribution is -2.34. The van der Waals surface area contributed by atoms with Gasteiger partial charge in [0.15, 0.2) is 0 Å². The van der Waals surface area contributed by atoms with Gasteiger partial charge in [-0.1, -0.05) is 0 Å². The number of aryl methyl sites for hydroxylation is 2. The van der Waals surface area contributed by atoms with Gasteiger partial charge in [0, 0.05) is 6.08 Å². The van der Waals surface area contributed by atoms with Crippen LogP contribution in [0.5, 0.6) is 0 Å². The van der Waals surface area contributed by atoms with Crippen LogP contribution in [0.4, 0.5) is 5.69 Å². The zero-order valence-corrected chi connectivity index (χ0v) is 14.2. The zero-order chi connectivity index (χ0) is 18.2. The van der Waals surface area contributed by atoms with Crippen molar-refractivity contribution >= 4 is 27.6 Å². The molecule has 0 atom stereocenters. The molecule has 0 radical (unpaired) electrons. The number of nitrogens with zero attached hydrogens (tertiary/aromatic N) is 1. The molecule has 3 N–H and O–H groups in total. The molecule has 0 aromatic heterocycles. The van der Waals surface area contributed by atoms with Gasteiger partial charge in [-0.25, -0.2) is 0 Å². The first-order valence-corrected chi connectivity index (χ1v) is 9.34. The number of fused-ring (bicyclic) bond motifs is 1. The van der Waals surface area contributed by atoms with Gasteiger partial charge in [0.1, 0.15) is 10.6 Å². The number of carbonyl (C=O) groups excluding carboxylic acids is 2. The summed E-state index contributed by atoms with van der Waals surface area (Å²) < 4.78 is 33.0. The molecule has 0 fully saturated rings. The number of aliphatic hydroxyl groups excluding tert-OH is 1. The zero-order valence-electron chi connectivity index (χ0n) is 13.4. The molecule has 0 unspecified atom stereocenters. The van der Waals surface area contributed by atoms with Crippen LogP contribution < -0.4 is 5.32 Å². The second kappa shape index (κ2) is 6.58. The number of β-amino-alcohol motifs (C(OH)–C–C–N with tert-alkyl or cyclic N) is 1. The van der Waals surface area contributed by atoms with E-state index in [0.717, 1.165) is 47.8 Å². The van der Waals surface area contributed by atoms with E-state index in [4.69, 9.17) is 5.11 Å². The third-order valence-electron chi connectivity index (χ3n) is 4.32. The van der Waals surface area contributed by atoms with Crippen molar-refractivity contribution in [3.05, 3.63) is 35.0 Å². The van der Waals surface area contributed by atoms with E-state index in [9.17, 15) is 22.6 Å². The van der Waals surface area contributed by atoms with Crippen LogP contribution in [0.2, 0.25) is 0 Å². The molecular weight excluding hydrogens is 348 g/mol. The van der Waals surface area contributed by atoms with Gasteiger partial charge in [-0.05, 0) is 48.9 Å². The summed E-state index contributed by atoms with van der Waals surface area (Å²) in [5.41, 5.74) is 1.76. The number of hydrogen-bond donors (Lipinski definition) is 3. The van der Waals surface area contributed by atoms with E-state index >= 15 is 0 Å². The minimum absolute atomic E-state index is 0.0569. The van der Waals surface area contributed by atoms with Gasteiger partial charge < -0.3 is 10.4 Å². The van der Waals surface area contributed by atoms with Gasteiger partial charge in [0.05, 0.1) is 18.8 Å². The largest absolute Gasteiger partial charge is 0.395 e. The van der Waals surface area contributed by atoms with Crippen molar-refractivity contribution in [2.45, 2.75) is 30.6 Å². The molecule has 134 valence electrons. The Labute approximate surface area is 144 Å². The second-order valence-corrected chi connectivity index (χ2v) is 7.39. The molecule has 1 aromatic carbocycles. The summed E-state index contributed by atoms with van der Waals surface area (Å²) in [5.74, 6) is -1.24. The maximum atomic E-state index is 12.2. The number of benzene rings is 1. The predicted molar refractivity (Wildman–Crippen MR) is 88.4 cm³/mol. The molecule has 2 amide bonds. The molecule has 0 saturated heterocycles. The van der Waals surface area contributed by atoms with Crippen LogP contribution in [0.25, 0.3) is 0 Å². The van der Waals surface area contributed by atoms with E-state index in [0.29, 0.717) is 0 Å². The Morgan fingerprint density at radius 1 is 1.12 bits per heavy atom. The topological polar surface area (TPSA) is 124 Å². The molecule has 0 bridgehead atoms. The molecule has 1 aromatic rings. The standard InChI is InChI=1S/C16H18N2O6S/c19-6-5-18-15(20)9-13(16(18)21)17-12-7-10-3-1-2-4-11(10)8-14(12)25(22,23)24/h7-9,17,19H,1-6H2,(H,22,23,24). The van der Waals surface area contributed by atoms with Crippen molar-refractivity contribution in [2.75, 3.05) is 18.5 Å². The Kier molecular flexibility index (Phi) is 4.63. The quantitative estimate of drug-likeness (QED) is 0.511. The van der Waals surface area contributed by atoms with Crippen LogP contribution in [0.1, 0.15) is 24.0 Å². The molecule has 0 spiro atoms. The van der Waals surface area contributed by atoms with Crippen LogP contribution in [0, 0.1) is 0 Å². The van der Waals surface area contributed by atoms with E-state index in [1.165, 1.54) is 6.07 Å². The summed E-state index contributed by atoms with van der Waals surface area (Å²) in [6.45, 7) is -0.512. The number of carbonyl (C=O) groups is 2. The Morgan fingerprint density at radius 3 is 2.36 bits per heavy atom. The monoisotopic (exact) mass is 366 g/mol. The van der Waals surface area contributed by atoms with Crippen molar-refractivity contribution in [2.24, 2.45) is 0 Å². The summed E-state index contributed by atoms with van der Waals surface area (Å²) in [5, 5.41) is 11.6. The van der Waals surface area contributed by atoms with E-state index in [1.54, 1.807) is 6.07 Å². The van der Waals surface area contributed by atoms with Crippen LogP contribution >= 0.6 is 0 Å². The van der Waals surface area contributed by atoms with E-state index < -0.39 is 21.9 Å². The van der Waals surface area contributed by atoms with E-state index in [1.807, 2.05) is 0 Å². The predicted octanol–water partition coefficient (Wildman–Crippen LogP) is 0.469. The fourth-order valence-electron chi connectivity index (χ4n) is 3.13. The molecule has 2 aliphatic rings. The number of anilines is 1. The van der Waals surface area contributed by atoms with Crippen LogP contribution in [-0.2, 0) is 32.5 Å². The molecule has 25 heavy (non-hydrogen) atoms. The van der Waals surface area contributed by atoms with Gasteiger partial charge >= 0.3 is 0 Å². The first-order chi connectivity index (χ1) is 11.8. The Hall–Kier alpha value is -2.23. The maximum Gasteiger partial charge on any atom is 0.296 e. The highest BCUT2D eigenvalue weighted by Gasteiger charge is 2.32. The highest BCUT2D eigenvalue weighted by atomic mass is 32.2. The lowest BCUT2D eigenvalue weighted by Gasteiger charge is -2.20. The number of hydrogen-bond acceptors (Lipinski definition) is 6. The first kappa shape index (κ1) is 17.6. The molecule has 1 heterocycles. The summed E-state index contributed by atoms with van der Waals surface area (Å²) >= 11 is 0. The average molecular weight is 366 g/mol. The smallest absolute Gasteiger partial charge is 0.296 e. The number of imide groups is 1. The van der Waals surface area contributed by atoms with Crippen molar-refractivity contribution in [1.29, 1.82) is 0 Å². The van der Waals surface area contributed by atoms with Crippen molar-refractivity contribution in [1.82, 2.24) is 4.90 Å². The summed E-state index contributed by atoms with van der Waals surface area (Å²) in [4.78, 5) is 24.5. The minimum Gasteiger partial charge on any atom is -0.395 e. The fourth-order valence-corrected chi connectivity index (χ4v) is 3.81. The lowest BCUT2D eigenvalue weighted by atomic mass is 9.91. The fraction of sp³-hybridized carbons (Fsp3) is 0.375. The van der Waals surface area contributed by atoms with Crippen molar-refractivity contribution < 1.29 is 27.7 Å². The number of rotatable bonds is 5. The highest BCUT2D eigenvalue weighted by molar-refractivity contribution is 7.86. The van der Waals surface area contributed by atoms with Gasteiger partial charge in [0.25, 0.3) is 21.9 Å². The molecule has 1 aliphatic carbocycles. The molecular formula is C16H18N2O6S. The highest BCUT2D eigenvalue weighted by Crippen LogP contribution is 2.32. The first-order valence-electron chi connectivity index (χ1n) is 7.90. The SMILES string of the molecule is O=C1C=C(Nc2cc3c(cc2S(=O)(=O)O)CCCC3)C(=O)N1CCO. The number of nitrogens with one attached hydrogen (secondary N) is 1. The van der Waals surface area contributed by atoms with Gasteiger partial charge in [-0.2, -0.15) is 8.42 Å². The van der Waals surface area contributed by atoms with E-state index in [-0.39, 0.29) is 29.4 Å². The Balaban J connectivity index is 1.98. The Bertz CT molecular complexity index is 875.